The van der Waals surface area contributed by atoms with Crippen LogP contribution in [0.15, 0.2) is 66.8 Å². The Kier molecular flexibility index (Phi) is 10.7. The number of carbonyl (C=O) groups excluding carboxylic acids is 2. The molecule has 2 rings (SSSR count). The van der Waals surface area contributed by atoms with E-state index in [-0.39, 0.29) is 24.8 Å². The molecule has 10 heteroatoms. The Balaban J connectivity index is 2.15. The fourth-order valence-electron chi connectivity index (χ4n) is 2.95. The van der Waals surface area contributed by atoms with Gasteiger partial charge in [0.15, 0.2) is 0 Å². The second-order valence-corrected chi connectivity index (χ2v) is 7.19. The molecule has 0 aliphatic rings. The van der Waals surface area contributed by atoms with E-state index in [1.165, 1.54) is 11.6 Å². The number of anilines is 1. The lowest BCUT2D eigenvalue weighted by Crippen LogP contribution is -2.22. The SMILES string of the molecule is C[C@H](C/C=C/C=C/C(=O)NO)[C@@H](OC(=O)Nc1ccc(F)cc1F)c1ccc(OCCO)cc1. The molecule has 2 aromatic carbocycles. The van der Waals surface area contributed by atoms with Gasteiger partial charge >= 0.3 is 6.09 Å². The van der Waals surface area contributed by atoms with Crippen molar-refractivity contribution >= 4 is 17.7 Å². The van der Waals surface area contributed by atoms with Gasteiger partial charge in [0.25, 0.3) is 5.91 Å². The molecule has 0 spiro atoms. The summed E-state index contributed by atoms with van der Waals surface area (Å²) in [4.78, 5) is 23.5. The first-order valence-electron chi connectivity index (χ1n) is 10.4. The Labute approximate surface area is 195 Å². The predicted octanol–water partition coefficient (Wildman–Crippen LogP) is 4.27. The van der Waals surface area contributed by atoms with Gasteiger partial charge in [0.2, 0.25) is 0 Å². The van der Waals surface area contributed by atoms with E-state index in [0.29, 0.717) is 23.8 Å². The molecular weight excluding hydrogens is 450 g/mol. The van der Waals surface area contributed by atoms with Gasteiger partial charge in [0.1, 0.15) is 30.1 Å². The minimum absolute atomic E-state index is 0.133. The molecule has 4 N–H and O–H groups in total. The predicted molar refractivity (Wildman–Crippen MR) is 120 cm³/mol. The molecule has 182 valence electrons. The largest absolute Gasteiger partial charge is 0.491 e. The molecule has 0 heterocycles. The molecular formula is C24H26F2N2O6. The second kappa shape index (κ2) is 13.7. The summed E-state index contributed by atoms with van der Waals surface area (Å²) >= 11 is 0. The number of nitrogens with one attached hydrogen (secondary N) is 2. The maximum Gasteiger partial charge on any atom is 0.412 e. The van der Waals surface area contributed by atoms with Crippen molar-refractivity contribution in [1.29, 1.82) is 0 Å². The summed E-state index contributed by atoms with van der Waals surface area (Å²) in [5.74, 6) is -2.11. The van der Waals surface area contributed by atoms with Gasteiger partial charge in [-0.1, -0.05) is 37.3 Å². The van der Waals surface area contributed by atoms with E-state index in [0.717, 1.165) is 18.2 Å². The molecule has 8 nitrogen and oxygen atoms in total. The summed E-state index contributed by atoms with van der Waals surface area (Å²) in [6.07, 6.45) is 4.69. The zero-order chi connectivity index (χ0) is 24.9. The van der Waals surface area contributed by atoms with Gasteiger partial charge in [-0.3, -0.25) is 15.3 Å². The number of hydroxylamine groups is 1. The number of amides is 2. The minimum Gasteiger partial charge on any atom is -0.491 e. The van der Waals surface area contributed by atoms with E-state index in [1.54, 1.807) is 36.4 Å². The van der Waals surface area contributed by atoms with Gasteiger partial charge in [-0.15, -0.1) is 0 Å². The van der Waals surface area contributed by atoms with E-state index in [2.05, 4.69) is 5.32 Å². The number of hydrogen-bond donors (Lipinski definition) is 4. The van der Waals surface area contributed by atoms with Crippen molar-refractivity contribution in [3.8, 4) is 5.75 Å². The summed E-state index contributed by atoms with van der Waals surface area (Å²) in [6, 6.07) is 9.49. The van der Waals surface area contributed by atoms with Crippen LogP contribution < -0.4 is 15.5 Å². The first kappa shape index (κ1) is 26.5. The summed E-state index contributed by atoms with van der Waals surface area (Å²) in [6.45, 7) is 1.83. The third-order valence-electron chi connectivity index (χ3n) is 4.60. The molecule has 0 aromatic heterocycles. The highest BCUT2D eigenvalue weighted by Gasteiger charge is 2.24. The third-order valence-corrected chi connectivity index (χ3v) is 4.60. The zero-order valence-corrected chi connectivity index (χ0v) is 18.4. The van der Waals surface area contributed by atoms with Crippen LogP contribution in [0.2, 0.25) is 0 Å². The summed E-state index contributed by atoms with van der Waals surface area (Å²) in [5.41, 5.74) is 1.89. The normalized spacial score (nSPS) is 13.0. The van der Waals surface area contributed by atoms with Crippen LogP contribution in [0.3, 0.4) is 0 Å². The number of rotatable bonds is 11. The fraction of sp³-hybridized carbons (Fsp3) is 0.250. The van der Waals surface area contributed by atoms with Crippen LogP contribution in [-0.4, -0.2) is 35.5 Å². The van der Waals surface area contributed by atoms with Gasteiger partial charge in [-0.25, -0.2) is 19.1 Å². The lowest BCUT2D eigenvalue weighted by Gasteiger charge is -2.24. The molecule has 0 saturated heterocycles. The molecule has 0 unspecified atom stereocenters. The molecule has 0 aliphatic heterocycles. The highest BCUT2D eigenvalue weighted by atomic mass is 19.1. The number of halogens is 2. The topological polar surface area (TPSA) is 117 Å². The molecule has 0 radical (unpaired) electrons. The van der Waals surface area contributed by atoms with Gasteiger partial charge in [-0.05, 0) is 36.2 Å². The standard InChI is InChI=1S/C24H26F2N2O6/c1-16(5-3-2-4-6-22(30)28-32)23(17-7-10-19(11-8-17)33-14-13-29)34-24(31)27-21-12-9-18(25)15-20(21)26/h2-4,6-12,15-16,23,29,32H,5,13-14H2,1H3,(H,27,31)(H,28,30)/b3-2+,6-4+/t16-,23-/m1/s1. The minimum atomic E-state index is -0.937. The van der Waals surface area contributed by atoms with Gasteiger partial charge in [0, 0.05) is 18.1 Å². The maximum atomic E-state index is 13.9. The highest BCUT2D eigenvalue weighted by Crippen LogP contribution is 2.31. The summed E-state index contributed by atoms with van der Waals surface area (Å²) in [7, 11) is 0. The zero-order valence-electron chi connectivity index (χ0n) is 18.4. The van der Waals surface area contributed by atoms with E-state index in [1.807, 2.05) is 6.92 Å². The van der Waals surface area contributed by atoms with Crippen LogP contribution in [0, 0.1) is 17.6 Å². The highest BCUT2D eigenvalue weighted by molar-refractivity contribution is 5.86. The first-order valence-corrected chi connectivity index (χ1v) is 10.4. The third kappa shape index (κ3) is 8.64. The fourth-order valence-corrected chi connectivity index (χ4v) is 2.95. The second-order valence-electron chi connectivity index (χ2n) is 7.19. The van der Waals surface area contributed by atoms with E-state index < -0.39 is 29.7 Å². The van der Waals surface area contributed by atoms with Crippen LogP contribution in [0.25, 0.3) is 0 Å². The Morgan fingerprint density at radius 3 is 2.50 bits per heavy atom. The first-order chi connectivity index (χ1) is 16.3. The number of hydrogen-bond acceptors (Lipinski definition) is 6. The monoisotopic (exact) mass is 476 g/mol. The Hall–Kier alpha value is -3.76. The lowest BCUT2D eigenvalue weighted by atomic mass is 9.94. The van der Waals surface area contributed by atoms with Crippen LogP contribution in [0.1, 0.15) is 25.0 Å². The molecule has 0 saturated carbocycles. The lowest BCUT2D eigenvalue weighted by molar-refractivity contribution is -0.124. The Morgan fingerprint density at radius 2 is 1.85 bits per heavy atom. The van der Waals surface area contributed by atoms with Crippen molar-refractivity contribution in [2.45, 2.75) is 19.4 Å². The molecule has 2 atom stereocenters. The van der Waals surface area contributed by atoms with Crippen LogP contribution in [0.4, 0.5) is 19.3 Å². The van der Waals surface area contributed by atoms with E-state index >= 15 is 0 Å². The van der Waals surface area contributed by atoms with Crippen LogP contribution in [-0.2, 0) is 9.53 Å². The van der Waals surface area contributed by atoms with E-state index in [9.17, 15) is 18.4 Å². The average Bonchev–Trinajstić information content (AvgIpc) is 2.82. The van der Waals surface area contributed by atoms with Crippen molar-refractivity contribution in [3.63, 3.8) is 0 Å². The number of aliphatic hydroxyl groups excluding tert-OH is 1. The molecule has 0 fully saturated rings. The average molecular weight is 476 g/mol. The van der Waals surface area contributed by atoms with Crippen molar-refractivity contribution < 1.29 is 38.2 Å². The van der Waals surface area contributed by atoms with Crippen molar-refractivity contribution in [2.75, 3.05) is 18.5 Å². The van der Waals surface area contributed by atoms with Crippen LogP contribution in [0.5, 0.6) is 5.75 Å². The van der Waals surface area contributed by atoms with Crippen molar-refractivity contribution in [1.82, 2.24) is 5.48 Å². The number of aliphatic hydroxyl groups is 1. The molecule has 2 amide bonds. The molecule has 0 aliphatic carbocycles. The summed E-state index contributed by atoms with van der Waals surface area (Å²) in [5, 5.41) is 19.6. The summed E-state index contributed by atoms with van der Waals surface area (Å²) < 4.78 is 37.9. The van der Waals surface area contributed by atoms with Gasteiger partial charge in [-0.2, -0.15) is 0 Å². The van der Waals surface area contributed by atoms with Crippen molar-refractivity contribution in [2.24, 2.45) is 5.92 Å². The molecule has 34 heavy (non-hydrogen) atoms. The Bertz CT molecular complexity index is 1010. The quantitative estimate of drug-likeness (QED) is 0.167. The maximum absolute atomic E-state index is 13.9. The van der Waals surface area contributed by atoms with Gasteiger partial charge < -0.3 is 14.6 Å². The van der Waals surface area contributed by atoms with E-state index in [4.69, 9.17) is 19.8 Å². The molecule has 2 aromatic rings. The Morgan fingerprint density at radius 1 is 1.12 bits per heavy atom. The number of allylic oxidation sites excluding steroid dienone is 3. The van der Waals surface area contributed by atoms with Crippen molar-refractivity contribution in [3.05, 3.63) is 84.0 Å². The van der Waals surface area contributed by atoms with Gasteiger partial charge in [0.05, 0.1) is 12.3 Å². The smallest absolute Gasteiger partial charge is 0.412 e. The number of benzene rings is 2. The number of carbonyl (C=O) groups is 2. The molecule has 0 bridgehead atoms. The number of ether oxygens (including phenoxy) is 2. The van der Waals surface area contributed by atoms with Crippen LogP contribution >= 0.6 is 0 Å².